The molecular weight excluding hydrogens is 397 g/mol. The number of nitrogens with one attached hydrogen (secondary N) is 1. The average Bonchev–Trinajstić information content (AvgIpc) is 3.16. The van der Waals surface area contributed by atoms with E-state index in [1.807, 2.05) is 31.2 Å². The summed E-state index contributed by atoms with van der Waals surface area (Å²) in [7, 11) is 0. The molecule has 0 saturated carbocycles. The Balaban J connectivity index is 1.62. The molecule has 8 heteroatoms. The average molecular weight is 412 g/mol. The molecule has 1 N–H and O–H groups in total. The van der Waals surface area contributed by atoms with E-state index < -0.39 is 11.7 Å². The smallest absolute Gasteiger partial charge is 0.316 e. The van der Waals surface area contributed by atoms with Crippen molar-refractivity contribution in [3.63, 3.8) is 0 Å². The van der Waals surface area contributed by atoms with Crippen molar-refractivity contribution >= 4 is 22.3 Å². The third-order valence-electron chi connectivity index (χ3n) is 4.16. The van der Waals surface area contributed by atoms with E-state index in [2.05, 4.69) is 20.3 Å². The third-order valence-corrected chi connectivity index (χ3v) is 5.18. The minimum absolute atomic E-state index is 0.503. The van der Waals surface area contributed by atoms with Crippen molar-refractivity contribution < 1.29 is 13.2 Å². The summed E-state index contributed by atoms with van der Waals surface area (Å²) in [5.41, 5.74) is 2.40. The van der Waals surface area contributed by atoms with Crippen LogP contribution in [0.25, 0.3) is 21.7 Å². The number of anilines is 2. The van der Waals surface area contributed by atoms with Gasteiger partial charge in [0.1, 0.15) is 0 Å². The Bertz CT molecular complexity index is 1120. The lowest BCUT2D eigenvalue weighted by molar-refractivity contribution is -0.137. The Hall–Kier alpha value is -3.26. The first-order chi connectivity index (χ1) is 13.9. The highest BCUT2D eigenvalue weighted by Gasteiger charge is 2.30. The van der Waals surface area contributed by atoms with Gasteiger partial charge < -0.3 is 5.32 Å². The SMILES string of the molecule is Cc1cc(-c2ccc(C(F)(F)F)cc2)cc(-c2ccc(Nc3ncccn3)s2)n1. The van der Waals surface area contributed by atoms with Gasteiger partial charge >= 0.3 is 6.18 Å². The van der Waals surface area contributed by atoms with E-state index in [0.717, 1.165) is 39.0 Å². The number of aromatic nitrogens is 3. The maximum Gasteiger partial charge on any atom is 0.416 e. The van der Waals surface area contributed by atoms with Crippen LogP contribution < -0.4 is 5.32 Å². The van der Waals surface area contributed by atoms with E-state index in [1.54, 1.807) is 18.5 Å². The molecule has 1 aromatic carbocycles. The number of pyridine rings is 1. The Labute approximate surface area is 169 Å². The molecule has 0 saturated heterocycles. The fourth-order valence-electron chi connectivity index (χ4n) is 2.83. The molecule has 0 aliphatic carbocycles. The van der Waals surface area contributed by atoms with Gasteiger partial charge in [-0.25, -0.2) is 9.97 Å². The number of hydrogen-bond acceptors (Lipinski definition) is 5. The van der Waals surface area contributed by atoms with E-state index in [0.29, 0.717) is 11.5 Å². The molecular formula is C21H15F3N4S. The number of alkyl halides is 3. The van der Waals surface area contributed by atoms with Crippen LogP contribution in [0.2, 0.25) is 0 Å². The molecule has 4 rings (SSSR count). The Morgan fingerprint density at radius 3 is 2.31 bits per heavy atom. The first-order valence-corrected chi connectivity index (χ1v) is 9.51. The predicted octanol–water partition coefficient (Wildman–Crippen LogP) is 6.34. The van der Waals surface area contributed by atoms with Gasteiger partial charge in [-0.2, -0.15) is 13.2 Å². The van der Waals surface area contributed by atoms with E-state index in [-0.39, 0.29) is 0 Å². The molecule has 4 nitrogen and oxygen atoms in total. The summed E-state index contributed by atoms with van der Waals surface area (Å²) in [6, 6.07) is 14.5. The second-order valence-corrected chi connectivity index (χ2v) is 7.40. The number of halogens is 3. The Morgan fingerprint density at radius 1 is 0.897 bits per heavy atom. The van der Waals surface area contributed by atoms with Gasteiger partial charge in [0, 0.05) is 18.1 Å². The standard InChI is InChI=1S/C21H15F3N4S/c1-13-11-15(14-3-5-16(6-4-14)21(22,23)24)12-17(27-13)18-7-8-19(29-18)28-20-25-9-2-10-26-20/h2-12H,1H3,(H,25,26,28). The van der Waals surface area contributed by atoms with Gasteiger partial charge in [-0.1, -0.05) is 12.1 Å². The van der Waals surface area contributed by atoms with Crippen molar-refractivity contribution in [3.05, 3.63) is 78.2 Å². The molecule has 3 heterocycles. The normalized spacial score (nSPS) is 11.4. The maximum absolute atomic E-state index is 12.8. The number of rotatable bonds is 4. The lowest BCUT2D eigenvalue weighted by Crippen LogP contribution is -2.04. The molecule has 29 heavy (non-hydrogen) atoms. The fraction of sp³-hybridized carbons (Fsp3) is 0.0952. The lowest BCUT2D eigenvalue weighted by Gasteiger charge is -2.09. The van der Waals surface area contributed by atoms with Crippen LogP contribution in [-0.2, 0) is 6.18 Å². The molecule has 0 bridgehead atoms. The molecule has 0 fully saturated rings. The molecule has 0 atom stereocenters. The number of aryl methyl sites for hydroxylation is 1. The van der Waals surface area contributed by atoms with E-state index in [9.17, 15) is 13.2 Å². The molecule has 0 aliphatic heterocycles. The van der Waals surface area contributed by atoms with Crippen LogP contribution in [0.4, 0.5) is 24.1 Å². The van der Waals surface area contributed by atoms with Crippen molar-refractivity contribution in [2.75, 3.05) is 5.32 Å². The van der Waals surface area contributed by atoms with Gasteiger partial charge in [0.25, 0.3) is 0 Å². The topological polar surface area (TPSA) is 50.7 Å². The highest BCUT2D eigenvalue weighted by Crippen LogP contribution is 2.35. The maximum atomic E-state index is 12.8. The van der Waals surface area contributed by atoms with Crippen LogP contribution in [0.5, 0.6) is 0 Å². The van der Waals surface area contributed by atoms with Gasteiger partial charge in [-0.05, 0) is 60.5 Å². The Kier molecular flexibility index (Phi) is 5.02. The van der Waals surface area contributed by atoms with E-state index in [1.165, 1.54) is 23.5 Å². The van der Waals surface area contributed by atoms with Crippen LogP contribution in [0.3, 0.4) is 0 Å². The van der Waals surface area contributed by atoms with Gasteiger partial charge in [0.15, 0.2) is 0 Å². The quantitative estimate of drug-likeness (QED) is 0.425. The van der Waals surface area contributed by atoms with Gasteiger partial charge in [-0.3, -0.25) is 4.98 Å². The zero-order chi connectivity index (χ0) is 20.4. The van der Waals surface area contributed by atoms with Crippen molar-refractivity contribution in [1.82, 2.24) is 15.0 Å². The fourth-order valence-corrected chi connectivity index (χ4v) is 3.69. The van der Waals surface area contributed by atoms with Crippen LogP contribution in [0, 0.1) is 6.92 Å². The Morgan fingerprint density at radius 2 is 1.62 bits per heavy atom. The zero-order valence-electron chi connectivity index (χ0n) is 15.2. The summed E-state index contributed by atoms with van der Waals surface area (Å²) in [6.07, 6.45) is -1.04. The molecule has 0 spiro atoms. The van der Waals surface area contributed by atoms with Crippen LogP contribution in [0.1, 0.15) is 11.3 Å². The van der Waals surface area contributed by atoms with Gasteiger partial charge in [-0.15, -0.1) is 11.3 Å². The highest BCUT2D eigenvalue weighted by molar-refractivity contribution is 7.19. The second kappa shape index (κ2) is 7.63. The number of benzene rings is 1. The molecule has 0 radical (unpaired) electrons. The van der Waals surface area contributed by atoms with Crippen LogP contribution in [0.15, 0.2) is 67.0 Å². The van der Waals surface area contributed by atoms with E-state index in [4.69, 9.17) is 0 Å². The minimum atomic E-state index is -4.35. The van der Waals surface area contributed by atoms with Gasteiger partial charge in [0.05, 0.1) is 21.1 Å². The van der Waals surface area contributed by atoms with Gasteiger partial charge in [0.2, 0.25) is 5.95 Å². The number of nitrogens with zero attached hydrogens (tertiary/aromatic N) is 3. The van der Waals surface area contributed by atoms with Crippen molar-refractivity contribution in [2.24, 2.45) is 0 Å². The second-order valence-electron chi connectivity index (χ2n) is 6.32. The summed E-state index contributed by atoms with van der Waals surface area (Å²) in [6.45, 7) is 1.86. The summed E-state index contributed by atoms with van der Waals surface area (Å²) in [5.74, 6) is 0.503. The molecule has 0 unspecified atom stereocenters. The number of thiophene rings is 1. The molecule has 0 amide bonds. The number of hydrogen-bond donors (Lipinski definition) is 1. The minimum Gasteiger partial charge on any atom is -0.316 e. The largest absolute Gasteiger partial charge is 0.416 e. The molecule has 3 aromatic heterocycles. The van der Waals surface area contributed by atoms with Crippen LogP contribution >= 0.6 is 11.3 Å². The first-order valence-electron chi connectivity index (χ1n) is 8.69. The van der Waals surface area contributed by atoms with Crippen LogP contribution in [-0.4, -0.2) is 15.0 Å². The zero-order valence-corrected chi connectivity index (χ0v) is 16.1. The van der Waals surface area contributed by atoms with Crippen molar-refractivity contribution in [3.8, 4) is 21.7 Å². The van der Waals surface area contributed by atoms with E-state index >= 15 is 0 Å². The summed E-state index contributed by atoms with van der Waals surface area (Å²) in [4.78, 5) is 13.8. The third kappa shape index (κ3) is 4.43. The molecule has 4 aromatic rings. The summed E-state index contributed by atoms with van der Waals surface area (Å²) < 4.78 is 38.4. The molecule has 0 aliphatic rings. The summed E-state index contributed by atoms with van der Waals surface area (Å²) >= 11 is 1.50. The highest BCUT2D eigenvalue weighted by atomic mass is 32.1. The predicted molar refractivity (Wildman–Crippen MR) is 108 cm³/mol. The summed E-state index contributed by atoms with van der Waals surface area (Å²) in [5, 5.41) is 4.00. The lowest BCUT2D eigenvalue weighted by atomic mass is 10.0. The van der Waals surface area contributed by atoms with Crippen molar-refractivity contribution in [2.45, 2.75) is 13.1 Å². The first kappa shape index (κ1) is 19.1. The van der Waals surface area contributed by atoms with Crippen molar-refractivity contribution in [1.29, 1.82) is 0 Å². The molecule has 146 valence electrons. The monoisotopic (exact) mass is 412 g/mol.